The van der Waals surface area contributed by atoms with Crippen LogP contribution in [-0.4, -0.2) is 47.6 Å². The van der Waals surface area contributed by atoms with E-state index in [1.165, 1.54) is 6.07 Å². The van der Waals surface area contributed by atoms with E-state index in [9.17, 15) is 14.4 Å². The van der Waals surface area contributed by atoms with Crippen LogP contribution in [-0.2, 0) is 19.7 Å². The quantitative estimate of drug-likeness (QED) is 0.292. The zero-order valence-corrected chi connectivity index (χ0v) is 27.7. The van der Waals surface area contributed by atoms with Gasteiger partial charge < -0.3 is 25.0 Å². The van der Waals surface area contributed by atoms with Crippen molar-refractivity contribution >= 4 is 58.4 Å². The normalized spacial score (nSPS) is 23.2. The predicted octanol–water partition coefficient (Wildman–Crippen LogP) is 7.80. The van der Waals surface area contributed by atoms with Gasteiger partial charge in [0.25, 0.3) is 0 Å². The summed E-state index contributed by atoms with van der Waals surface area (Å²) in [5.41, 5.74) is -0.537. The first-order valence-electron chi connectivity index (χ1n) is 15.1. The number of likely N-dealkylation sites (tertiary alicyclic amines) is 1. The van der Waals surface area contributed by atoms with E-state index in [4.69, 9.17) is 44.3 Å². The Balaban J connectivity index is 1.43. The molecule has 0 saturated carbocycles. The molecule has 2 fully saturated rings. The summed E-state index contributed by atoms with van der Waals surface area (Å²) in [4.78, 5) is 42.1. The minimum Gasteiger partial charge on any atom is -0.490 e. The van der Waals surface area contributed by atoms with Crippen LogP contribution in [0.3, 0.4) is 0 Å². The molecule has 3 aromatic rings. The second-order valence-electron chi connectivity index (χ2n) is 12.9. The second kappa shape index (κ2) is 12.2. The number of halogens is 4. The molecule has 2 N–H and O–H groups in total. The maximum Gasteiger partial charge on any atom is 0.410 e. The molecule has 3 heterocycles. The number of anilines is 1. The van der Waals surface area contributed by atoms with E-state index in [2.05, 4.69) is 10.6 Å². The Hall–Kier alpha value is -3.53. The minimum atomic E-state index is -1.53. The molecule has 3 amide bonds. The summed E-state index contributed by atoms with van der Waals surface area (Å²) in [6.07, 6.45) is 0.0545. The van der Waals surface area contributed by atoms with E-state index < -0.39 is 40.8 Å². The number of hydrogen-bond donors (Lipinski definition) is 2. The summed E-state index contributed by atoms with van der Waals surface area (Å²) in [5, 5.41) is 6.53. The molecule has 2 saturated heterocycles. The lowest BCUT2D eigenvalue weighted by atomic mass is 9.59. The molecule has 3 aliphatic heterocycles. The van der Waals surface area contributed by atoms with Crippen molar-refractivity contribution < 1.29 is 28.2 Å². The van der Waals surface area contributed by atoms with Crippen molar-refractivity contribution in [2.24, 2.45) is 0 Å². The molecule has 8 nitrogen and oxygen atoms in total. The largest absolute Gasteiger partial charge is 0.490 e. The van der Waals surface area contributed by atoms with E-state index in [1.54, 1.807) is 53.4 Å². The van der Waals surface area contributed by atoms with Crippen LogP contribution in [0.2, 0.25) is 15.1 Å². The summed E-state index contributed by atoms with van der Waals surface area (Å²) in [6.45, 7) is 6.18. The molecular formula is C34H33Cl3FN3O5. The highest BCUT2D eigenvalue weighted by molar-refractivity contribution is 6.31. The van der Waals surface area contributed by atoms with Crippen molar-refractivity contribution in [2.45, 2.75) is 69.1 Å². The van der Waals surface area contributed by atoms with Crippen LogP contribution in [0.1, 0.15) is 68.7 Å². The molecule has 6 rings (SSSR count). The smallest absolute Gasteiger partial charge is 0.410 e. The number of carbonyl (C=O) groups is 3. The Kier molecular flexibility index (Phi) is 8.63. The van der Waals surface area contributed by atoms with Gasteiger partial charge in [0, 0.05) is 54.0 Å². The number of piperidine rings is 2. The number of benzene rings is 3. The molecule has 242 valence electrons. The Morgan fingerprint density at radius 2 is 1.72 bits per heavy atom. The molecule has 3 aromatic carbocycles. The summed E-state index contributed by atoms with van der Waals surface area (Å²) in [7, 11) is 0. The van der Waals surface area contributed by atoms with E-state index in [1.807, 2.05) is 20.8 Å². The van der Waals surface area contributed by atoms with Crippen LogP contribution in [0.4, 0.5) is 14.9 Å². The number of rotatable bonds is 4. The van der Waals surface area contributed by atoms with E-state index >= 15 is 4.39 Å². The summed E-state index contributed by atoms with van der Waals surface area (Å²) < 4.78 is 28.4. The molecule has 3 atom stereocenters. The van der Waals surface area contributed by atoms with Gasteiger partial charge in [0.15, 0.2) is 5.82 Å². The zero-order valence-electron chi connectivity index (χ0n) is 25.5. The average Bonchev–Trinajstić information content (AvgIpc) is 3.26. The van der Waals surface area contributed by atoms with Crippen LogP contribution >= 0.6 is 34.8 Å². The van der Waals surface area contributed by atoms with Gasteiger partial charge >= 0.3 is 6.09 Å². The van der Waals surface area contributed by atoms with Crippen molar-refractivity contribution in [2.75, 3.05) is 18.4 Å². The number of hydrogen-bond acceptors (Lipinski definition) is 5. The molecule has 46 heavy (non-hydrogen) atoms. The maximum atomic E-state index is 16.4. The van der Waals surface area contributed by atoms with Gasteiger partial charge in [0.1, 0.15) is 22.9 Å². The Morgan fingerprint density at radius 3 is 2.41 bits per heavy atom. The van der Waals surface area contributed by atoms with Gasteiger partial charge in [-0.3, -0.25) is 9.59 Å². The zero-order chi connectivity index (χ0) is 33.0. The first kappa shape index (κ1) is 32.4. The molecule has 12 heteroatoms. The van der Waals surface area contributed by atoms with Crippen molar-refractivity contribution in [1.29, 1.82) is 0 Å². The lowest BCUT2D eigenvalue weighted by molar-refractivity contribution is -0.131. The van der Waals surface area contributed by atoms with Crippen LogP contribution in [0.15, 0.2) is 54.6 Å². The third-order valence-corrected chi connectivity index (χ3v) is 9.53. The van der Waals surface area contributed by atoms with E-state index in [0.29, 0.717) is 52.8 Å². The first-order valence-corrected chi connectivity index (χ1v) is 16.2. The second-order valence-corrected chi connectivity index (χ2v) is 14.2. The first-order chi connectivity index (χ1) is 21.8. The number of carbonyl (C=O) groups excluding carboxylic acids is 3. The number of ether oxygens (including phenoxy) is 2. The summed E-state index contributed by atoms with van der Waals surface area (Å²) in [6, 6.07) is 13.7. The van der Waals surface area contributed by atoms with Gasteiger partial charge in [-0.05, 0) is 68.3 Å². The fourth-order valence-electron chi connectivity index (χ4n) is 6.83. The topological polar surface area (TPSA) is 97.0 Å². The predicted molar refractivity (Wildman–Crippen MR) is 174 cm³/mol. The Labute approximate surface area is 281 Å². The lowest BCUT2D eigenvalue weighted by Gasteiger charge is -2.47. The van der Waals surface area contributed by atoms with Crippen molar-refractivity contribution in [3.63, 3.8) is 0 Å². The third kappa shape index (κ3) is 5.89. The van der Waals surface area contributed by atoms with Gasteiger partial charge in [-0.15, -0.1) is 0 Å². The van der Waals surface area contributed by atoms with Crippen molar-refractivity contribution in [3.8, 4) is 5.75 Å². The van der Waals surface area contributed by atoms with Gasteiger partial charge in [0.05, 0.1) is 16.6 Å². The minimum absolute atomic E-state index is 0.0416. The summed E-state index contributed by atoms with van der Waals surface area (Å²) in [5.74, 6) is -2.22. The molecule has 0 radical (unpaired) electrons. The van der Waals surface area contributed by atoms with Crippen LogP contribution in [0, 0.1) is 5.82 Å². The number of nitrogens with zero attached hydrogens (tertiary/aromatic N) is 1. The average molecular weight is 689 g/mol. The van der Waals surface area contributed by atoms with E-state index in [0.717, 1.165) is 0 Å². The van der Waals surface area contributed by atoms with Crippen LogP contribution in [0.5, 0.6) is 5.75 Å². The Bertz CT molecular complexity index is 1720. The highest BCUT2D eigenvalue weighted by Crippen LogP contribution is 2.59. The van der Waals surface area contributed by atoms with Crippen molar-refractivity contribution in [3.05, 3.63) is 92.2 Å². The summed E-state index contributed by atoms with van der Waals surface area (Å²) >= 11 is 19.1. The van der Waals surface area contributed by atoms with E-state index in [-0.39, 0.29) is 34.8 Å². The number of fused-ring (bicyclic) bond motifs is 2. The van der Waals surface area contributed by atoms with Crippen molar-refractivity contribution in [1.82, 2.24) is 10.2 Å². The number of nitrogens with one attached hydrogen (secondary N) is 2. The molecule has 3 aliphatic rings. The standard InChI is InChI=1S/C34H33Cl3FN3O5/c1-33(2,3)46-32(44)41-13-11-21(12-14-41)45-26-10-9-24(37)29(38)28(26)30-34(22-8-7-20(36)16-25(22)39-31(34)43)23(17-27(42)40-30)18-5-4-6-19(35)15-18/h4-10,15-16,21,23,30H,11-14,17H2,1-3H3,(H,39,43)(H,40,42)/t23-,30+,34-/m0/s1. The van der Waals surface area contributed by atoms with Gasteiger partial charge in [-0.2, -0.15) is 0 Å². The molecule has 0 bridgehead atoms. The van der Waals surface area contributed by atoms with Gasteiger partial charge in [-0.1, -0.05) is 53.0 Å². The SMILES string of the molecule is CC(C)(C)OC(=O)N1CCC(Oc2ccc(Cl)c(F)c2[C@H]2NC(=O)C[C@@H](c3cccc(Cl)c3)[C@]23C(=O)Nc2cc(Cl)ccc23)CC1. The third-order valence-electron chi connectivity index (χ3n) is 8.77. The lowest BCUT2D eigenvalue weighted by Crippen LogP contribution is -2.57. The van der Waals surface area contributed by atoms with Gasteiger partial charge in [0.2, 0.25) is 11.8 Å². The highest BCUT2D eigenvalue weighted by atomic mass is 35.5. The molecule has 0 unspecified atom stereocenters. The molecule has 0 aliphatic carbocycles. The maximum absolute atomic E-state index is 16.4. The van der Waals surface area contributed by atoms with Crippen LogP contribution in [0.25, 0.3) is 0 Å². The van der Waals surface area contributed by atoms with Crippen LogP contribution < -0.4 is 15.4 Å². The highest BCUT2D eigenvalue weighted by Gasteiger charge is 2.62. The Morgan fingerprint density at radius 1 is 1.00 bits per heavy atom. The molecular weight excluding hydrogens is 656 g/mol. The van der Waals surface area contributed by atoms with Gasteiger partial charge in [-0.25, -0.2) is 9.18 Å². The number of amides is 3. The molecule has 1 spiro atoms. The fourth-order valence-corrected chi connectivity index (χ4v) is 7.36. The monoisotopic (exact) mass is 687 g/mol. The molecule has 0 aromatic heterocycles. The fraction of sp³-hybridized carbons (Fsp3) is 0.382.